The maximum absolute atomic E-state index is 11.7. The van der Waals surface area contributed by atoms with Crippen LogP contribution in [0, 0.1) is 0 Å². The minimum absolute atomic E-state index is 0.0576. The lowest BCUT2D eigenvalue weighted by Gasteiger charge is -2.26. The number of ether oxygens (including phenoxy) is 3. The topological polar surface area (TPSA) is 44.8 Å². The van der Waals surface area contributed by atoms with E-state index >= 15 is 0 Å². The minimum Gasteiger partial charge on any atom is -0.486 e. The molecule has 0 fully saturated rings. The molecule has 1 aliphatic rings. The summed E-state index contributed by atoms with van der Waals surface area (Å²) < 4.78 is 17.1. The Bertz CT molecular complexity index is 459. The molecule has 1 heterocycles. The predicted octanol–water partition coefficient (Wildman–Crippen LogP) is 3.18. The Morgan fingerprint density at radius 3 is 2.94 bits per heavy atom. The van der Waals surface area contributed by atoms with Crippen molar-refractivity contribution in [3.63, 3.8) is 0 Å². The third-order valence-electron chi connectivity index (χ3n) is 2.69. The molecule has 0 spiro atoms. The fourth-order valence-electron chi connectivity index (χ4n) is 1.71. The van der Waals surface area contributed by atoms with Crippen LogP contribution in [0.4, 0.5) is 0 Å². The van der Waals surface area contributed by atoms with Crippen LogP contribution in [0.15, 0.2) is 16.6 Å². The summed E-state index contributed by atoms with van der Waals surface area (Å²) in [6.07, 6.45) is 0.938. The summed E-state index contributed by atoms with van der Waals surface area (Å²) in [6.45, 7) is 4.67. The first-order valence-corrected chi connectivity index (χ1v) is 6.75. The van der Waals surface area contributed by atoms with Gasteiger partial charge in [-0.25, -0.2) is 4.79 Å². The number of fused-ring (bicyclic) bond motifs is 1. The standard InChI is InChI=1S/C13H15BrO4/c1-3-9-7-17-11-6-8(13(15)16-4-2)5-10(14)12(11)18-9/h5-6,9H,3-4,7H2,1-2H3. The van der Waals surface area contributed by atoms with Crippen molar-refractivity contribution in [3.05, 3.63) is 22.2 Å². The van der Waals surface area contributed by atoms with Crippen LogP contribution in [-0.4, -0.2) is 25.3 Å². The highest BCUT2D eigenvalue weighted by Crippen LogP contribution is 2.40. The Balaban J connectivity index is 2.30. The molecule has 1 unspecified atom stereocenters. The van der Waals surface area contributed by atoms with E-state index in [1.165, 1.54) is 0 Å². The Kier molecular flexibility index (Phi) is 4.11. The van der Waals surface area contributed by atoms with E-state index < -0.39 is 0 Å². The summed E-state index contributed by atoms with van der Waals surface area (Å²) in [4.78, 5) is 11.7. The molecule has 0 radical (unpaired) electrons. The van der Waals surface area contributed by atoms with Gasteiger partial charge in [0.1, 0.15) is 12.7 Å². The summed E-state index contributed by atoms with van der Waals surface area (Å²) in [5, 5.41) is 0. The van der Waals surface area contributed by atoms with Crippen LogP contribution in [0.25, 0.3) is 0 Å². The van der Waals surface area contributed by atoms with Crippen LogP contribution in [0.3, 0.4) is 0 Å². The SMILES string of the molecule is CCOC(=O)c1cc(Br)c2c(c1)OCC(CC)O2. The fraction of sp³-hybridized carbons (Fsp3) is 0.462. The second kappa shape index (κ2) is 5.61. The first-order chi connectivity index (χ1) is 8.65. The molecule has 0 aliphatic carbocycles. The highest BCUT2D eigenvalue weighted by Gasteiger charge is 2.24. The van der Waals surface area contributed by atoms with E-state index in [-0.39, 0.29) is 12.1 Å². The quantitative estimate of drug-likeness (QED) is 0.804. The van der Waals surface area contributed by atoms with E-state index in [1.54, 1.807) is 19.1 Å². The van der Waals surface area contributed by atoms with Gasteiger partial charge in [0.2, 0.25) is 0 Å². The first kappa shape index (κ1) is 13.2. The largest absolute Gasteiger partial charge is 0.486 e. The second-order valence-electron chi connectivity index (χ2n) is 3.96. The Morgan fingerprint density at radius 2 is 2.28 bits per heavy atom. The fourth-order valence-corrected chi connectivity index (χ4v) is 2.24. The van der Waals surface area contributed by atoms with Gasteiger partial charge in [-0.2, -0.15) is 0 Å². The molecule has 0 aromatic heterocycles. The van der Waals surface area contributed by atoms with E-state index in [2.05, 4.69) is 15.9 Å². The van der Waals surface area contributed by atoms with E-state index in [0.29, 0.717) is 34.7 Å². The Hall–Kier alpha value is -1.23. The average Bonchev–Trinajstić information content (AvgIpc) is 2.38. The molecule has 1 atom stereocenters. The highest BCUT2D eigenvalue weighted by molar-refractivity contribution is 9.10. The molecule has 1 aromatic rings. The molecular formula is C13H15BrO4. The van der Waals surface area contributed by atoms with Gasteiger partial charge in [-0.1, -0.05) is 6.92 Å². The van der Waals surface area contributed by atoms with Crippen molar-refractivity contribution >= 4 is 21.9 Å². The number of rotatable bonds is 3. The number of hydrogen-bond donors (Lipinski definition) is 0. The number of carbonyl (C=O) groups excluding carboxylic acids is 1. The van der Waals surface area contributed by atoms with Crippen molar-refractivity contribution in [2.75, 3.05) is 13.2 Å². The lowest BCUT2D eigenvalue weighted by molar-refractivity contribution is 0.0523. The normalized spacial score (nSPS) is 17.4. The molecule has 4 nitrogen and oxygen atoms in total. The van der Waals surface area contributed by atoms with Gasteiger partial charge in [-0.15, -0.1) is 0 Å². The predicted molar refractivity (Wildman–Crippen MR) is 70.3 cm³/mol. The number of halogens is 1. The van der Waals surface area contributed by atoms with Gasteiger partial charge in [0, 0.05) is 0 Å². The van der Waals surface area contributed by atoms with Crippen LogP contribution in [0.5, 0.6) is 11.5 Å². The van der Waals surface area contributed by atoms with Crippen LogP contribution >= 0.6 is 15.9 Å². The van der Waals surface area contributed by atoms with E-state index in [0.717, 1.165) is 6.42 Å². The van der Waals surface area contributed by atoms with Gasteiger partial charge in [-0.3, -0.25) is 0 Å². The lowest BCUT2D eigenvalue weighted by Crippen LogP contribution is -2.28. The third kappa shape index (κ3) is 2.61. The molecule has 0 saturated carbocycles. The van der Waals surface area contributed by atoms with Crippen LogP contribution in [0.1, 0.15) is 30.6 Å². The van der Waals surface area contributed by atoms with E-state index in [9.17, 15) is 4.79 Å². The van der Waals surface area contributed by atoms with Crippen molar-refractivity contribution < 1.29 is 19.0 Å². The molecule has 1 aliphatic heterocycles. The summed E-state index contributed by atoms with van der Waals surface area (Å²) in [6, 6.07) is 3.35. The van der Waals surface area contributed by atoms with Crippen LogP contribution in [-0.2, 0) is 4.74 Å². The molecule has 5 heteroatoms. The van der Waals surface area contributed by atoms with E-state index in [4.69, 9.17) is 14.2 Å². The third-order valence-corrected chi connectivity index (χ3v) is 3.27. The van der Waals surface area contributed by atoms with Crippen molar-refractivity contribution in [2.45, 2.75) is 26.4 Å². The second-order valence-corrected chi connectivity index (χ2v) is 4.82. The zero-order chi connectivity index (χ0) is 13.1. The monoisotopic (exact) mass is 314 g/mol. The summed E-state index contributed by atoms with van der Waals surface area (Å²) in [5.74, 6) is 0.875. The van der Waals surface area contributed by atoms with Crippen molar-refractivity contribution in [2.24, 2.45) is 0 Å². The highest BCUT2D eigenvalue weighted by atomic mass is 79.9. The van der Waals surface area contributed by atoms with Crippen LogP contribution < -0.4 is 9.47 Å². The van der Waals surface area contributed by atoms with Crippen molar-refractivity contribution in [1.82, 2.24) is 0 Å². The van der Waals surface area contributed by atoms with Crippen molar-refractivity contribution in [3.8, 4) is 11.5 Å². The summed E-state index contributed by atoms with van der Waals surface area (Å²) in [7, 11) is 0. The van der Waals surface area contributed by atoms with Gasteiger partial charge in [-0.05, 0) is 41.4 Å². The Labute approximate surface area is 114 Å². The maximum Gasteiger partial charge on any atom is 0.338 e. The summed E-state index contributed by atoms with van der Waals surface area (Å²) >= 11 is 3.40. The lowest BCUT2D eigenvalue weighted by atomic mass is 10.1. The molecule has 1 aromatic carbocycles. The smallest absolute Gasteiger partial charge is 0.338 e. The molecule has 0 saturated heterocycles. The zero-order valence-electron chi connectivity index (χ0n) is 10.4. The number of benzene rings is 1. The first-order valence-electron chi connectivity index (χ1n) is 5.95. The number of carbonyl (C=O) groups is 1. The number of esters is 1. The molecule has 0 N–H and O–H groups in total. The Morgan fingerprint density at radius 1 is 1.50 bits per heavy atom. The molecular weight excluding hydrogens is 300 g/mol. The van der Waals surface area contributed by atoms with Gasteiger partial charge in [0.15, 0.2) is 11.5 Å². The number of hydrogen-bond acceptors (Lipinski definition) is 4. The molecule has 0 bridgehead atoms. The van der Waals surface area contributed by atoms with Gasteiger partial charge < -0.3 is 14.2 Å². The zero-order valence-corrected chi connectivity index (χ0v) is 12.0. The van der Waals surface area contributed by atoms with Gasteiger partial charge >= 0.3 is 5.97 Å². The molecule has 98 valence electrons. The van der Waals surface area contributed by atoms with Crippen molar-refractivity contribution in [1.29, 1.82) is 0 Å². The minimum atomic E-state index is -0.359. The van der Waals surface area contributed by atoms with Gasteiger partial charge in [0.25, 0.3) is 0 Å². The summed E-state index contributed by atoms with van der Waals surface area (Å²) in [5.41, 5.74) is 0.459. The maximum atomic E-state index is 11.7. The molecule has 0 amide bonds. The molecule has 18 heavy (non-hydrogen) atoms. The van der Waals surface area contributed by atoms with E-state index in [1.807, 2.05) is 6.92 Å². The molecule has 2 rings (SSSR count). The van der Waals surface area contributed by atoms with Gasteiger partial charge in [0.05, 0.1) is 16.6 Å². The van der Waals surface area contributed by atoms with Crippen LogP contribution in [0.2, 0.25) is 0 Å². The average molecular weight is 315 g/mol.